The van der Waals surface area contributed by atoms with Crippen molar-refractivity contribution < 1.29 is 19.1 Å². The normalized spacial score (nSPS) is 22.1. The number of nitrogens with zero attached hydrogens (tertiary/aromatic N) is 2. The fourth-order valence-electron chi connectivity index (χ4n) is 4.33. The van der Waals surface area contributed by atoms with Gasteiger partial charge in [0, 0.05) is 38.3 Å². The molecule has 0 aliphatic carbocycles. The smallest absolute Gasteiger partial charge is 0.323 e. The van der Waals surface area contributed by atoms with Crippen LogP contribution in [0.5, 0.6) is 5.75 Å². The van der Waals surface area contributed by atoms with Gasteiger partial charge in [0.1, 0.15) is 11.9 Å². The van der Waals surface area contributed by atoms with Crippen LogP contribution in [0.25, 0.3) is 0 Å². The first-order chi connectivity index (χ1) is 14.4. The van der Waals surface area contributed by atoms with Gasteiger partial charge in [-0.05, 0) is 35.7 Å². The van der Waals surface area contributed by atoms with Gasteiger partial charge in [0.15, 0.2) is 0 Å². The molecular weight excluding hydrogens is 382 g/mol. The zero-order valence-corrected chi connectivity index (χ0v) is 17.6. The Balaban J connectivity index is 1.46. The summed E-state index contributed by atoms with van der Waals surface area (Å²) in [4.78, 5) is 28.8. The van der Waals surface area contributed by atoms with Gasteiger partial charge in [-0.3, -0.25) is 9.69 Å². The predicted molar refractivity (Wildman–Crippen MR) is 114 cm³/mol. The van der Waals surface area contributed by atoms with Crippen LogP contribution in [0.4, 0.5) is 10.5 Å². The second-order valence-corrected chi connectivity index (χ2v) is 8.13. The third-order valence-electron chi connectivity index (χ3n) is 5.87. The number of para-hydroxylation sites is 1. The minimum Gasteiger partial charge on any atom is -0.497 e. The van der Waals surface area contributed by atoms with Gasteiger partial charge >= 0.3 is 6.03 Å². The highest BCUT2D eigenvalue weighted by atomic mass is 16.5. The van der Waals surface area contributed by atoms with Crippen LogP contribution in [0.15, 0.2) is 48.5 Å². The van der Waals surface area contributed by atoms with Gasteiger partial charge in [0.25, 0.3) is 0 Å². The van der Waals surface area contributed by atoms with Crippen molar-refractivity contribution >= 4 is 17.6 Å². The largest absolute Gasteiger partial charge is 0.497 e. The molecule has 1 saturated heterocycles. The molecule has 30 heavy (non-hydrogen) atoms. The van der Waals surface area contributed by atoms with Crippen LogP contribution in [0.2, 0.25) is 0 Å². The number of nitrogens with one attached hydrogen (secondary N) is 1. The van der Waals surface area contributed by atoms with Gasteiger partial charge in [-0.2, -0.15) is 0 Å². The second kappa shape index (κ2) is 7.99. The molecule has 2 aliphatic rings. The van der Waals surface area contributed by atoms with E-state index in [-0.39, 0.29) is 17.4 Å². The highest BCUT2D eigenvalue weighted by Crippen LogP contribution is 2.47. The lowest BCUT2D eigenvalue weighted by atomic mass is 9.80. The first kappa shape index (κ1) is 20.2. The molecule has 7 heteroatoms. The number of ether oxygens (including phenoxy) is 2. The number of methoxy groups -OCH3 is 1. The van der Waals surface area contributed by atoms with E-state index >= 15 is 0 Å². The molecule has 0 unspecified atom stereocenters. The van der Waals surface area contributed by atoms with Gasteiger partial charge in [-0.25, -0.2) is 4.79 Å². The average Bonchev–Trinajstić information content (AvgIpc) is 3.34. The predicted octanol–water partition coefficient (Wildman–Crippen LogP) is 2.54. The molecule has 0 aromatic heterocycles. The van der Waals surface area contributed by atoms with E-state index in [1.54, 1.807) is 31.0 Å². The maximum atomic E-state index is 12.8. The third kappa shape index (κ3) is 3.61. The van der Waals surface area contributed by atoms with Crippen LogP contribution in [-0.2, 0) is 21.5 Å². The molecule has 2 heterocycles. The number of hydrogen-bond acceptors (Lipinski definition) is 4. The van der Waals surface area contributed by atoms with E-state index in [1.165, 1.54) is 0 Å². The number of carbonyl (C=O) groups is 2. The van der Waals surface area contributed by atoms with Crippen LogP contribution in [0.3, 0.4) is 0 Å². The molecule has 2 aromatic rings. The topological polar surface area (TPSA) is 71.1 Å². The summed E-state index contributed by atoms with van der Waals surface area (Å²) in [5.41, 5.74) is 2.57. The molecule has 7 nitrogen and oxygen atoms in total. The minimum absolute atomic E-state index is 0.0646. The molecule has 3 amide bonds. The number of benzene rings is 2. The van der Waals surface area contributed by atoms with Crippen LogP contribution in [-0.4, -0.2) is 57.3 Å². The molecule has 1 N–H and O–H groups in total. The monoisotopic (exact) mass is 409 g/mol. The molecule has 0 bridgehead atoms. The van der Waals surface area contributed by atoms with Crippen molar-refractivity contribution in [2.45, 2.75) is 24.5 Å². The summed E-state index contributed by atoms with van der Waals surface area (Å²) in [6.07, 6.45) is 0.00334. The Morgan fingerprint density at radius 3 is 2.80 bits per heavy atom. The Morgan fingerprint density at radius 1 is 1.23 bits per heavy atom. The average molecular weight is 409 g/mol. The van der Waals surface area contributed by atoms with Crippen LogP contribution in [0.1, 0.15) is 17.5 Å². The summed E-state index contributed by atoms with van der Waals surface area (Å²) in [6, 6.07) is 15.4. The van der Waals surface area contributed by atoms with Gasteiger partial charge in [0.05, 0.1) is 13.7 Å². The number of urea groups is 1. The Kier molecular flexibility index (Phi) is 5.39. The molecule has 2 atom stereocenters. The minimum atomic E-state index is -0.543. The van der Waals surface area contributed by atoms with E-state index < -0.39 is 6.10 Å². The fourth-order valence-corrected chi connectivity index (χ4v) is 4.33. The number of hydrogen-bond donors (Lipinski definition) is 1. The zero-order valence-electron chi connectivity index (χ0n) is 17.6. The Morgan fingerprint density at radius 2 is 2.03 bits per heavy atom. The number of rotatable bonds is 4. The molecule has 0 radical (unpaired) electrons. The lowest BCUT2D eigenvalue weighted by Crippen LogP contribution is -2.43. The van der Waals surface area contributed by atoms with Crippen molar-refractivity contribution in [3.05, 3.63) is 59.7 Å². The van der Waals surface area contributed by atoms with Crippen molar-refractivity contribution in [2.24, 2.45) is 0 Å². The maximum Gasteiger partial charge on any atom is 0.323 e. The lowest BCUT2D eigenvalue weighted by molar-refractivity contribution is -0.130. The molecule has 2 aromatic carbocycles. The first-order valence-corrected chi connectivity index (χ1v) is 10.0. The van der Waals surface area contributed by atoms with Crippen molar-refractivity contribution in [1.82, 2.24) is 10.2 Å². The maximum absolute atomic E-state index is 12.8. The van der Waals surface area contributed by atoms with Crippen LogP contribution in [0, 0.1) is 0 Å². The van der Waals surface area contributed by atoms with Gasteiger partial charge in [-0.15, -0.1) is 0 Å². The molecule has 2 aliphatic heterocycles. The van der Waals surface area contributed by atoms with Crippen LogP contribution >= 0.6 is 0 Å². The number of amides is 3. The van der Waals surface area contributed by atoms with Crippen LogP contribution < -0.4 is 15.0 Å². The Bertz CT molecular complexity index is 961. The molecule has 0 saturated carbocycles. The molecule has 158 valence electrons. The van der Waals surface area contributed by atoms with E-state index in [9.17, 15) is 9.59 Å². The summed E-state index contributed by atoms with van der Waals surface area (Å²) in [5, 5.41) is 2.97. The Hall–Kier alpha value is -3.06. The zero-order chi connectivity index (χ0) is 21.3. The molecule has 1 spiro atoms. The Labute approximate surface area is 176 Å². The van der Waals surface area contributed by atoms with E-state index in [1.807, 2.05) is 48.5 Å². The van der Waals surface area contributed by atoms with Gasteiger partial charge in [-0.1, -0.05) is 30.3 Å². The first-order valence-electron chi connectivity index (χ1n) is 10.0. The third-order valence-corrected chi connectivity index (χ3v) is 5.87. The SMILES string of the molecule is COc1cccc(CNC(=O)[C@@H]2C[C@]3(CO2)CN(C(=O)N(C)C)c2ccccc23)c1. The van der Waals surface area contributed by atoms with Crippen molar-refractivity contribution in [1.29, 1.82) is 0 Å². The van der Waals surface area contributed by atoms with Gasteiger partial charge in [0.2, 0.25) is 5.91 Å². The second-order valence-electron chi connectivity index (χ2n) is 8.13. The van der Waals surface area contributed by atoms with Crippen molar-refractivity contribution in [2.75, 3.05) is 39.3 Å². The molecular formula is C23H27N3O4. The van der Waals surface area contributed by atoms with E-state index in [0.717, 1.165) is 22.6 Å². The lowest BCUT2D eigenvalue weighted by Gasteiger charge is -2.25. The quantitative estimate of drug-likeness (QED) is 0.843. The number of fused-ring (bicyclic) bond motifs is 2. The van der Waals surface area contributed by atoms with Crippen molar-refractivity contribution in [3.8, 4) is 5.75 Å². The molecule has 4 rings (SSSR count). The van der Waals surface area contributed by atoms with E-state index in [4.69, 9.17) is 9.47 Å². The standard InChI is InChI=1S/C23H27N3O4/c1-25(2)22(28)26-14-23(18-9-4-5-10-19(18)26)12-20(30-15-23)21(27)24-13-16-7-6-8-17(11-16)29-3/h4-11,20H,12-15H2,1-3H3,(H,24,27)/t20-,23+/m0/s1. The van der Waals surface area contributed by atoms with E-state index in [2.05, 4.69) is 5.32 Å². The summed E-state index contributed by atoms with van der Waals surface area (Å²) >= 11 is 0. The highest BCUT2D eigenvalue weighted by Gasteiger charge is 2.51. The summed E-state index contributed by atoms with van der Waals surface area (Å²) in [6.45, 7) is 1.34. The summed E-state index contributed by atoms with van der Waals surface area (Å²) in [5.74, 6) is 0.621. The van der Waals surface area contributed by atoms with E-state index in [0.29, 0.717) is 26.1 Å². The highest BCUT2D eigenvalue weighted by molar-refractivity contribution is 5.95. The number of carbonyl (C=O) groups excluding carboxylic acids is 2. The van der Waals surface area contributed by atoms with Crippen molar-refractivity contribution in [3.63, 3.8) is 0 Å². The molecule has 1 fully saturated rings. The van der Waals surface area contributed by atoms with Gasteiger partial charge < -0.3 is 19.7 Å². The fraction of sp³-hybridized carbons (Fsp3) is 0.391. The summed E-state index contributed by atoms with van der Waals surface area (Å²) in [7, 11) is 5.11. The summed E-state index contributed by atoms with van der Waals surface area (Å²) < 4.78 is 11.2. The number of anilines is 1.